The standard InChI is InChI=1S/C23H27N5O2/c1-17-7-9-18(10-8-17)24-23(29)28(19-11-13-20(30-2)14-12-19)16-22-26-25-21-6-4-3-5-15-27(21)22/h7-14H,3-6,15-16H2,1-2H3,(H,24,29). The lowest BCUT2D eigenvalue weighted by molar-refractivity contribution is 0.256. The summed E-state index contributed by atoms with van der Waals surface area (Å²) in [4.78, 5) is 14.9. The predicted octanol–water partition coefficient (Wildman–Crippen LogP) is 4.56. The molecule has 3 aromatic rings. The van der Waals surface area contributed by atoms with Gasteiger partial charge in [0.05, 0.1) is 13.7 Å². The fourth-order valence-electron chi connectivity index (χ4n) is 3.67. The number of urea groups is 1. The molecule has 1 aromatic heterocycles. The molecule has 1 N–H and O–H groups in total. The zero-order chi connectivity index (χ0) is 20.9. The van der Waals surface area contributed by atoms with E-state index in [1.807, 2.05) is 55.5 Å². The molecule has 0 aliphatic carbocycles. The molecule has 0 unspecified atom stereocenters. The number of aryl methyl sites for hydroxylation is 2. The van der Waals surface area contributed by atoms with Gasteiger partial charge in [-0.1, -0.05) is 24.1 Å². The summed E-state index contributed by atoms with van der Waals surface area (Å²) >= 11 is 0. The Kier molecular flexibility index (Phi) is 5.97. The molecule has 2 amide bonds. The van der Waals surface area contributed by atoms with Crippen LogP contribution in [0.1, 0.15) is 36.5 Å². The Morgan fingerprint density at radius 3 is 2.57 bits per heavy atom. The van der Waals surface area contributed by atoms with Gasteiger partial charge in [-0.25, -0.2) is 4.79 Å². The van der Waals surface area contributed by atoms with Gasteiger partial charge in [0.1, 0.15) is 11.6 Å². The number of hydrogen-bond acceptors (Lipinski definition) is 4. The minimum Gasteiger partial charge on any atom is -0.497 e. The molecule has 156 valence electrons. The molecule has 1 aliphatic heterocycles. The maximum atomic E-state index is 13.2. The van der Waals surface area contributed by atoms with Gasteiger partial charge in [-0.05, 0) is 56.2 Å². The number of carbonyl (C=O) groups is 1. The largest absolute Gasteiger partial charge is 0.497 e. The van der Waals surface area contributed by atoms with Crippen molar-refractivity contribution in [2.24, 2.45) is 0 Å². The van der Waals surface area contributed by atoms with Crippen molar-refractivity contribution in [2.75, 3.05) is 17.3 Å². The van der Waals surface area contributed by atoms with Crippen LogP contribution in [0.25, 0.3) is 0 Å². The van der Waals surface area contributed by atoms with Crippen LogP contribution >= 0.6 is 0 Å². The van der Waals surface area contributed by atoms with Crippen molar-refractivity contribution >= 4 is 17.4 Å². The average Bonchev–Trinajstić information content (AvgIpc) is 2.99. The highest BCUT2D eigenvalue weighted by Crippen LogP contribution is 2.23. The molecule has 0 atom stereocenters. The zero-order valence-corrected chi connectivity index (χ0v) is 17.5. The monoisotopic (exact) mass is 405 g/mol. The van der Waals surface area contributed by atoms with Crippen LogP contribution in [0.3, 0.4) is 0 Å². The molecule has 0 bridgehead atoms. The van der Waals surface area contributed by atoms with E-state index in [2.05, 4.69) is 20.1 Å². The van der Waals surface area contributed by atoms with E-state index >= 15 is 0 Å². The van der Waals surface area contributed by atoms with Crippen LogP contribution < -0.4 is 15.0 Å². The molecule has 4 rings (SSSR count). The van der Waals surface area contributed by atoms with Crippen molar-refractivity contribution in [3.63, 3.8) is 0 Å². The molecule has 7 nitrogen and oxygen atoms in total. The lowest BCUT2D eigenvalue weighted by atomic mass is 10.2. The lowest BCUT2D eigenvalue weighted by Crippen LogP contribution is -2.35. The summed E-state index contributed by atoms with van der Waals surface area (Å²) < 4.78 is 7.43. The second kappa shape index (κ2) is 8.98. The Labute approximate surface area is 176 Å². The third-order valence-corrected chi connectivity index (χ3v) is 5.42. The zero-order valence-electron chi connectivity index (χ0n) is 17.5. The molecule has 0 saturated carbocycles. The number of rotatable bonds is 5. The summed E-state index contributed by atoms with van der Waals surface area (Å²) in [5.74, 6) is 2.56. The molecule has 0 spiro atoms. The fourth-order valence-corrected chi connectivity index (χ4v) is 3.67. The summed E-state index contributed by atoms with van der Waals surface area (Å²) in [6.07, 6.45) is 4.37. The topological polar surface area (TPSA) is 72.3 Å². The van der Waals surface area contributed by atoms with Crippen LogP contribution in [0.4, 0.5) is 16.2 Å². The first kappa shape index (κ1) is 19.9. The summed E-state index contributed by atoms with van der Waals surface area (Å²) in [7, 11) is 1.63. The average molecular weight is 406 g/mol. The second-order valence-electron chi connectivity index (χ2n) is 7.58. The minimum atomic E-state index is -0.213. The number of hydrogen-bond donors (Lipinski definition) is 1. The summed E-state index contributed by atoms with van der Waals surface area (Å²) in [6, 6.07) is 15.0. The molecule has 0 radical (unpaired) electrons. The van der Waals surface area contributed by atoms with E-state index in [1.165, 1.54) is 6.42 Å². The predicted molar refractivity (Wildman–Crippen MR) is 117 cm³/mol. The Morgan fingerprint density at radius 1 is 1.07 bits per heavy atom. The van der Waals surface area contributed by atoms with Gasteiger partial charge < -0.3 is 14.6 Å². The van der Waals surface area contributed by atoms with E-state index in [9.17, 15) is 4.79 Å². The van der Waals surface area contributed by atoms with Gasteiger partial charge in [-0.2, -0.15) is 0 Å². The van der Waals surface area contributed by atoms with E-state index < -0.39 is 0 Å². The summed E-state index contributed by atoms with van der Waals surface area (Å²) in [6.45, 7) is 3.26. The number of fused-ring (bicyclic) bond motifs is 1. The third kappa shape index (κ3) is 4.45. The van der Waals surface area contributed by atoms with Crippen LogP contribution in [0, 0.1) is 6.92 Å². The molecular weight excluding hydrogens is 378 g/mol. The third-order valence-electron chi connectivity index (χ3n) is 5.42. The Hall–Kier alpha value is -3.35. The van der Waals surface area contributed by atoms with Gasteiger partial charge >= 0.3 is 6.03 Å². The van der Waals surface area contributed by atoms with Crippen LogP contribution in [0.15, 0.2) is 48.5 Å². The molecule has 30 heavy (non-hydrogen) atoms. The Morgan fingerprint density at radius 2 is 1.83 bits per heavy atom. The van der Waals surface area contributed by atoms with Gasteiger partial charge in [0, 0.05) is 24.3 Å². The number of aromatic nitrogens is 3. The summed E-state index contributed by atoms with van der Waals surface area (Å²) in [5, 5.41) is 11.8. The van der Waals surface area contributed by atoms with Crippen molar-refractivity contribution in [1.29, 1.82) is 0 Å². The van der Waals surface area contributed by atoms with Gasteiger partial charge in [0.2, 0.25) is 0 Å². The highest BCUT2D eigenvalue weighted by molar-refractivity contribution is 6.01. The highest BCUT2D eigenvalue weighted by atomic mass is 16.5. The molecule has 1 aliphatic rings. The second-order valence-corrected chi connectivity index (χ2v) is 7.58. The van der Waals surface area contributed by atoms with Crippen LogP contribution in [0.2, 0.25) is 0 Å². The number of ether oxygens (including phenoxy) is 1. The summed E-state index contributed by atoms with van der Waals surface area (Å²) in [5.41, 5.74) is 2.67. The first-order valence-corrected chi connectivity index (χ1v) is 10.3. The minimum absolute atomic E-state index is 0.213. The number of nitrogens with one attached hydrogen (secondary N) is 1. The SMILES string of the molecule is COc1ccc(N(Cc2nnc3n2CCCCC3)C(=O)Nc2ccc(C)cc2)cc1. The molecule has 2 heterocycles. The quantitative estimate of drug-likeness (QED) is 0.675. The highest BCUT2D eigenvalue weighted by Gasteiger charge is 2.22. The van der Waals surface area contributed by atoms with E-state index in [0.29, 0.717) is 6.54 Å². The lowest BCUT2D eigenvalue weighted by Gasteiger charge is -2.23. The Balaban J connectivity index is 1.62. The van der Waals surface area contributed by atoms with Crippen LogP contribution in [0.5, 0.6) is 5.75 Å². The molecule has 7 heteroatoms. The van der Waals surface area contributed by atoms with Crippen molar-refractivity contribution in [1.82, 2.24) is 14.8 Å². The van der Waals surface area contributed by atoms with Gasteiger partial charge in [-0.3, -0.25) is 4.90 Å². The number of amides is 2. The maximum absolute atomic E-state index is 13.2. The number of anilines is 2. The molecule has 0 fully saturated rings. The fraction of sp³-hybridized carbons (Fsp3) is 0.348. The number of nitrogens with zero attached hydrogens (tertiary/aromatic N) is 4. The Bertz CT molecular complexity index is 995. The van der Waals surface area contributed by atoms with E-state index in [4.69, 9.17) is 4.74 Å². The van der Waals surface area contributed by atoms with Gasteiger partial charge in [-0.15, -0.1) is 10.2 Å². The smallest absolute Gasteiger partial charge is 0.326 e. The van der Waals surface area contributed by atoms with Crippen molar-refractivity contribution in [3.05, 3.63) is 65.7 Å². The molecular formula is C23H27N5O2. The number of benzene rings is 2. The van der Waals surface area contributed by atoms with Crippen LogP contribution in [-0.2, 0) is 19.5 Å². The van der Waals surface area contributed by atoms with Gasteiger partial charge in [0.15, 0.2) is 5.82 Å². The number of carbonyl (C=O) groups excluding carboxylic acids is 1. The number of methoxy groups -OCH3 is 1. The van der Waals surface area contributed by atoms with Crippen molar-refractivity contribution in [3.8, 4) is 5.75 Å². The first-order chi connectivity index (χ1) is 14.6. The molecule has 2 aromatic carbocycles. The van der Waals surface area contributed by atoms with Gasteiger partial charge in [0.25, 0.3) is 0 Å². The van der Waals surface area contributed by atoms with Crippen LogP contribution in [-0.4, -0.2) is 27.9 Å². The van der Waals surface area contributed by atoms with E-state index in [0.717, 1.165) is 60.1 Å². The van der Waals surface area contributed by atoms with Crippen molar-refractivity contribution < 1.29 is 9.53 Å². The first-order valence-electron chi connectivity index (χ1n) is 10.3. The molecule has 0 saturated heterocycles. The normalized spacial score (nSPS) is 13.3. The van der Waals surface area contributed by atoms with E-state index in [1.54, 1.807) is 12.0 Å². The van der Waals surface area contributed by atoms with E-state index in [-0.39, 0.29) is 6.03 Å². The van der Waals surface area contributed by atoms with Crippen molar-refractivity contribution in [2.45, 2.75) is 45.7 Å². The maximum Gasteiger partial charge on any atom is 0.326 e.